The monoisotopic (exact) mass is 381 g/mol. The number of unbranched alkanes of at least 4 members (excludes halogenated alkanes) is 3. The van der Waals surface area contributed by atoms with E-state index in [1.165, 1.54) is 6.08 Å². The van der Waals surface area contributed by atoms with Gasteiger partial charge in [0, 0.05) is 12.6 Å². The first-order valence-electron chi connectivity index (χ1n) is 8.81. The molecule has 0 saturated heterocycles. The molecule has 0 bridgehead atoms. The summed E-state index contributed by atoms with van der Waals surface area (Å²) >= 11 is 6.14. The van der Waals surface area contributed by atoms with E-state index in [0.29, 0.717) is 41.8 Å². The highest BCUT2D eigenvalue weighted by Crippen LogP contribution is 2.38. The maximum Gasteiger partial charge on any atom is 0.331 e. The number of carbonyl (C=O) groups is 2. The predicted molar refractivity (Wildman–Crippen MR) is 99.6 cm³/mol. The van der Waals surface area contributed by atoms with Gasteiger partial charge >= 0.3 is 5.97 Å². The van der Waals surface area contributed by atoms with Gasteiger partial charge in [-0.15, -0.1) is 0 Å². The van der Waals surface area contributed by atoms with E-state index in [9.17, 15) is 9.59 Å². The van der Waals surface area contributed by atoms with Crippen LogP contribution in [-0.2, 0) is 14.3 Å². The number of benzene rings is 1. The van der Waals surface area contributed by atoms with E-state index < -0.39 is 5.97 Å². The highest BCUT2D eigenvalue weighted by molar-refractivity contribution is 6.32. The maximum absolute atomic E-state index is 11.7. The largest absolute Gasteiger partial charge is 0.486 e. The topological polar surface area (TPSA) is 73.9 Å². The minimum atomic E-state index is -0.600. The Morgan fingerprint density at radius 3 is 2.85 bits per heavy atom. The van der Waals surface area contributed by atoms with Gasteiger partial charge in [0.2, 0.25) is 0 Å². The van der Waals surface area contributed by atoms with Crippen LogP contribution in [0.1, 0.15) is 38.2 Å². The van der Waals surface area contributed by atoms with Crippen molar-refractivity contribution in [2.24, 2.45) is 0 Å². The zero-order valence-electron chi connectivity index (χ0n) is 14.9. The van der Waals surface area contributed by atoms with E-state index in [4.69, 9.17) is 25.8 Å². The second-order valence-corrected chi connectivity index (χ2v) is 6.29. The highest BCUT2D eigenvalue weighted by Gasteiger charge is 2.16. The number of rotatable bonds is 9. The fourth-order valence-corrected chi connectivity index (χ4v) is 2.68. The van der Waals surface area contributed by atoms with E-state index in [-0.39, 0.29) is 12.5 Å². The van der Waals surface area contributed by atoms with Crippen LogP contribution in [0.2, 0.25) is 5.02 Å². The van der Waals surface area contributed by atoms with Crippen molar-refractivity contribution in [3.63, 3.8) is 0 Å². The average Bonchev–Trinajstić information content (AvgIpc) is 2.64. The smallest absolute Gasteiger partial charge is 0.331 e. The third kappa shape index (κ3) is 6.59. The average molecular weight is 382 g/mol. The first-order valence-corrected chi connectivity index (χ1v) is 9.18. The Kier molecular flexibility index (Phi) is 8.28. The lowest BCUT2D eigenvalue weighted by Gasteiger charge is -2.19. The van der Waals surface area contributed by atoms with Gasteiger partial charge in [-0.1, -0.05) is 37.8 Å². The van der Waals surface area contributed by atoms with Crippen LogP contribution in [0.3, 0.4) is 0 Å². The number of amides is 1. The molecule has 1 heterocycles. The second kappa shape index (κ2) is 10.7. The van der Waals surface area contributed by atoms with Gasteiger partial charge in [0.1, 0.15) is 13.2 Å². The molecule has 1 aromatic rings. The van der Waals surface area contributed by atoms with Gasteiger partial charge in [-0.05, 0) is 30.2 Å². The van der Waals surface area contributed by atoms with E-state index in [1.54, 1.807) is 18.2 Å². The van der Waals surface area contributed by atoms with Gasteiger partial charge < -0.3 is 19.5 Å². The number of ether oxygens (including phenoxy) is 3. The molecule has 0 spiro atoms. The summed E-state index contributed by atoms with van der Waals surface area (Å²) in [7, 11) is 0. The number of hydrogen-bond acceptors (Lipinski definition) is 5. The molecule has 0 aliphatic carbocycles. The minimum absolute atomic E-state index is 0.293. The van der Waals surface area contributed by atoms with Crippen molar-refractivity contribution < 1.29 is 23.8 Å². The highest BCUT2D eigenvalue weighted by atomic mass is 35.5. The van der Waals surface area contributed by atoms with Crippen molar-refractivity contribution in [3.05, 3.63) is 28.8 Å². The summed E-state index contributed by atoms with van der Waals surface area (Å²) < 4.78 is 15.8. The lowest BCUT2D eigenvalue weighted by Crippen LogP contribution is -2.29. The van der Waals surface area contributed by atoms with Crippen LogP contribution in [0.4, 0.5) is 0 Å². The number of fused-ring (bicyclic) bond motifs is 1. The number of esters is 1. The quantitative estimate of drug-likeness (QED) is 0.403. The van der Waals surface area contributed by atoms with Crippen LogP contribution in [0.5, 0.6) is 11.5 Å². The minimum Gasteiger partial charge on any atom is -0.486 e. The summed E-state index contributed by atoms with van der Waals surface area (Å²) in [5.41, 5.74) is 0.677. The molecule has 0 unspecified atom stereocenters. The first kappa shape index (κ1) is 20.1. The summed E-state index contributed by atoms with van der Waals surface area (Å²) in [5.74, 6) is 0.148. The normalized spacial score (nSPS) is 12.8. The molecule has 0 atom stereocenters. The molecular formula is C19H24ClNO5. The molecule has 1 aromatic carbocycles. The lowest BCUT2D eigenvalue weighted by molar-refractivity contribution is -0.143. The number of carbonyl (C=O) groups excluding carboxylic acids is 2. The van der Waals surface area contributed by atoms with Gasteiger partial charge in [0.25, 0.3) is 5.91 Å². The summed E-state index contributed by atoms with van der Waals surface area (Å²) in [4.78, 5) is 23.3. The van der Waals surface area contributed by atoms with E-state index in [1.807, 2.05) is 0 Å². The fourth-order valence-electron chi connectivity index (χ4n) is 2.41. The fraction of sp³-hybridized carbons (Fsp3) is 0.474. The molecule has 0 saturated carbocycles. The Morgan fingerprint density at radius 2 is 2.04 bits per heavy atom. The van der Waals surface area contributed by atoms with Gasteiger partial charge in [-0.2, -0.15) is 0 Å². The zero-order valence-corrected chi connectivity index (χ0v) is 15.6. The van der Waals surface area contributed by atoms with Crippen LogP contribution in [0.25, 0.3) is 6.08 Å². The predicted octanol–water partition coefficient (Wildman–Crippen LogP) is 3.36. The van der Waals surface area contributed by atoms with Crippen LogP contribution < -0.4 is 14.8 Å². The molecule has 142 valence electrons. The van der Waals surface area contributed by atoms with Crippen LogP contribution >= 0.6 is 11.6 Å². The lowest BCUT2D eigenvalue weighted by atomic mass is 10.2. The summed E-state index contributed by atoms with van der Waals surface area (Å²) in [6, 6.07) is 3.40. The zero-order chi connectivity index (χ0) is 18.8. The van der Waals surface area contributed by atoms with Gasteiger partial charge in [-0.25, -0.2) is 4.79 Å². The summed E-state index contributed by atoms with van der Waals surface area (Å²) in [6.07, 6.45) is 7.10. The van der Waals surface area contributed by atoms with E-state index in [2.05, 4.69) is 12.2 Å². The van der Waals surface area contributed by atoms with Crippen molar-refractivity contribution in [2.45, 2.75) is 32.6 Å². The molecular weight excluding hydrogens is 358 g/mol. The molecule has 6 nitrogen and oxygen atoms in total. The third-order valence-corrected chi connectivity index (χ3v) is 4.01. The molecule has 1 aliphatic heterocycles. The van der Waals surface area contributed by atoms with Crippen molar-refractivity contribution in [1.82, 2.24) is 5.32 Å². The van der Waals surface area contributed by atoms with Crippen LogP contribution in [0, 0.1) is 0 Å². The summed E-state index contributed by atoms with van der Waals surface area (Å²) in [6.45, 7) is 3.34. The molecule has 0 aromatic heterocycles. The van der Waals surface area contributed by atoms with E-state index in [0.717, 1.165) is 25.7 Å². The maximum atomic E-state index is 11.7. The number of halogens is 1. The van der Waals surface area contributed by atoms with Crippen LogP contribution in [-0.4, -0.2) is 38.2 Å². The van der Waals surface area contributed by atoms with Crippen LogP contribution in [0.15, 0.2) is 18.2 Å². The van der Waals surface area contributed by atoms with E-state index >= 15 is 0 Å². The SMILES string of the molecule is CCCCCCNC(=O)COC(=O)/C=C/c1cc(Cl)c2c(c1)OCCO2. The summed E-state index contributed by atoms with van der Waals surface area (Å²) in [5, 5.41) is 3.14. The molecule has 26 heavy (non-hydrogen) atoms. The Hall–Kier alpha value is -2.21. The number of hydrogen-bond donors (Lipinski definition) is 1. The molecule has 1 N–H and O–H groups in total. The molecule has 0 fully saturated rings. The first-order chi connectivity index (χ1) is 12.6. The van der Waals surface area contributed by atoms with Crippen molar-refractivity contribution >= 4 is 29.6 Å². The standard InChI is InChI=1S/C19H24ClNO5/c1-2-3-4-5-8-21-17(22)13-26-18(23)7-6-14-11-15(20)19-16(12-14)24-9-10-25-19/h6-7,11-12H,2-5,8-10,13H2,1H3,(H,21,22)/b7-6+. The molecule has 2 rings (SSSR count). The van der Waals surface area contributed by atoms with Gasteiger partial charge in [0.15, 0.2) is 18.1 Å². The Balaban J connectivity index is 1.75. The molecule has 0 radical (unpaired) electrons. The second-order valence-electron chi connectivity index (χ2n) is 5.88. The van der Waals surface area contributed by atoms with Crippen molar-refractivity contribution in [1.29, 1.82) is 0 Å². The Morgan fingerprint density at radius 1 is 1.23 bits per heavy atom. The van der Waals surface area contributed by atoms with Crippen molar-refractivity contribution in [3.8, 4) is 11.5 Å². The Bertz CT molecular complexity index is 660. The Labute approximate surface area is 158 Å². The third-order valence-electron chi connectivity index (χ3n) is 3.73. The van der Waals surface area contributed by atoms with Gasteiger partial charge in [0.05, 0.1) is 5.02 Å². The number of nitrogens with one attached hydrogen (secondary N) is 1. The van der Waals surface area contributed by atoms with Gasteiger partial charge in [-0.3, -0.25) is 4.79 Å². The molecule has 1 aliphatic rings. The molecule has 7 heteroatoms. The van der Waals surface area contributed by atoms with Crippen molar-refractivity contribution in [2.75, 3.05) is 26.4 Å². The molecule has 1 amide bonds.